The maximum Gasteiger partial charge on any atom is 0.220 e. The molecule has 2 atom stereocenters. The molecule has 0 saturated heterocycles. The first-order valence-electron chi connectivity index (χ1n) is 27.6. The summed E-state index contributed by atoms with van der Waals surface area (Å²) in [5.41, 5.74) is 0. The molecule has 0 aromatic heterocycles. The second kappa shape index (κ2) is 52.2. The normalized spacial score (nSPS) is 12.9. The van der Waals surface area contributed by atoms with Crippen molar-refractivity contribution in [3.63, 3.8) is 0 Å². The lowest BCUT2D eigenvalue weighted by Gasteiger charge is -2.19. The number of nitrogens with one attached hydrogen (secondary N) is 1. The molecule has 3 N–H and O–H groups in total. The highest BCUT2D eigenvalue weighted by molar-refractivity contribution is 5.76. The number of carbonyl (C=O) groups is 1. The minimum Gasteiger partial charge on any atom is -0.394 e. The summed E-state index contributed by atoms with van der Waals surface area (Å²) in [5, 5.41) is 23.1. The fraction of sp³-hybridized carbons (Fsp3) is 0.911. The van der Waals surface area contributed by atoms with E-state index in [1.807, 2.05) is 6.08 Å². The lowest BCUT2D eigenvalue weighted by molar-refractivity contribution is -0.123. The van der Waals surface area contributed by atoms with E-state index in [9.17, 15) is 15.0 Å². The van der Waals surface area contributed by atoms with Crippen molar-refractivity contribution in [1.29, 1.82) is 0 Å². The first-order chi connectivity index (χ1) is 29.7. The highest BCUT2D eigenvalue weighted by atomic mass is 16.3. The van der Waals surface area contributed by atoms with Crippen molar-refractivity contribution in [3.05, 3.63) is 24.3 Å². The number of allylic oxidation sites excluding steroid dienone is 3. The second-order valence-electron chi connectivity index (χ2n) is 19.0. The zero-order valence-electron chi connectivity index (χ0n) is 41.0. The Labute approximate surface area is 377 Å². The molecule has 0 aliphatic rings. The zero-order chi connectivity index (χ0) is 43.5. The molecular weight excluding hydrogens is 735 g/mol. The molecule has 60 heavy (non-hydrogen) atoms. The molecule has 4 nitrogen and oxygen atoms in total. The van der Waals surface area contributed by atoms with Crippen LogP contribution in [0.15, 0.2) is 24.3 Å². The third-order valence-corrected chi connectivity index (χ3v) is 12.9. The van der Waals surface area contributed by atoms with Gasteiger partial charge in [-0.15, -0.1) is 0 Å². The summed E-state index contributed by atoms with van der Waals surface area (Å²) in [7, 11) is 0. The third-order valence-electron chi connectivity index (χ3n) is 12.9. The molecule has 356 valence electrons. The molecule has 0 aromatic rings. The van der Waals surface area contributed by atoms with Crippen molar-refractivity contribution in [2.45, 2.75) is 321 Å². The van der Waals surface area contributed by atoms with Gasteiger partial charge in [0.1, 0.15) is 0 Å². The van der Waals surface area contributed by atoms with E-state index in [1.165, 1.54) is 257 Å². The largest absolute Gasteiger partial charge is 0.394 e. The van der Waals surface area contributed by atoms with Crippen molar-refractivity contribution in [2.75, 3.05) is 6.61 Å². The molecule has 0 spiro atoms. The maximum absolute atomic E-state index is 12.4. The van der Waals surface area contributed by atoms with Gasteiger partial charge in [-0.2, -0.15) is 0 Å². The van der Waals surface area contributed by atoms with Gasteiger partial charge >= 0.3 is 0 Å². The predicted molar refractivity (Wildman–Crippen MR) is 267 cm³/mol. The summed E-state index contributed by atoms with van der Waals surface area (Å²) in [6.07, 6.45) is 69.1. The Kier molecular flexibility index (Phi) is 51.2. The first-order valence-corrected chi connectivity index (χ1v) is 27.6. The van der Waals surface area contributed by atoms with Crippen molar-refractivity contribution in [2.24, 2.45) is 0 Å². The highest BCUT2D eigenvalue weighted by Gasteiger charge is 2.18. The summed E-state index contributed by atoms with van der Waals surface area (Å²) in [4.78, 5) is 12.4. The van der Waals surface area contributed by atoms with Crippen LogP contribution >= 0.6 is 0 Å². The average molecular weight is 844 g/mol. The molecule has 0 rings (SSSR count). The third kappa shape index (κ3) is 47.9. The van der Waals surface area contributed by atoms with Crippen LogP contribution in [0.4, 0.5) is 0 Å². The lowest BCUT2D eigenvalue weighted by Crippen LogP contribution is -2.45. The van der Waals surface area contributed by atoms with Crippen LogP contribution in [0, 0.1) is 0 Å². The van der Waals surface area contributed by atoms with Crippen molar-refractivity contribution < 1.29 is 15.0 Å². The fourth-order valence-electron chi connectivity index (χ4n) is 8.73. The number of hydrogen-bond donors (Lipinski definition) is 3. The van der Waals surface area contributed by atoms with E-state index in [-0.39, 0.29) is 12.5 Å². The molecule has 0 radical (unpaired) electrons. The van der Waals surface area contributed by atoms with Gasteiger partial charge in [-0.3, -0.25) is 4.79 Å². The van der Waals surface area contributed by atoms with Gasteiger partial charge in [0.25, 0.3) is 0 Å². The Morgan fingerprint density at radius 3 is 0.967 bits per heavy atom. The predicted octanol–water partition coefficient (Wildman–Crippen LogP) is 17.9. The minimum absolute atomic E-state index is 0.0676. The summed E-state index contributed by atoms with van der Waals surface area (Å²) in [5.74, 6) is -0.0676. The van der Waals surface area contributed by atoms with Gasteiger partial charge in [-0.25, -0.2) is 0 Å². The van der Waals surface area contributed by atoms with Crippen LogP contribution < -0.4 is 5.32 Å². The van der Waals surface area contributed by atoms with Gasteiger partial charge in [-0.05, 0) is 32.1 Å². The Hall–Kier alpha value is -1.13. The average Bonchev–Trinajstić information content (AvgIpc) is 3.25. The van der Waals surface area contributed by atoms with Gasteiger partial charge in [-0.1, -0.05) is 295 Å². The number of aliphatic hydroxyl groups is 2. The molecule has 0 aromatic carbocycles. The Morgan fingerprint density at radius 2 is 0.650 bits per heavy atom. The van der Waals surface area contributed by atoms with E-state index >= 15 is 0 Å². The molecule has 1 amide bonds. The van der Waals surface area contributed by atoms with E-state index < -0.39 is 12.1 Å². The monoisotopic (exact) mass is 844 g/mol. The fourth-order valence-corrected chi connectivity index (χ4v) is 8.73. The molecule has 0 aliphatic heterocycles. The first kappa shape index (κ1) is 58.9. The topological polar surface area (TPSA) is 69.6 Å². The van der Waals surface area contributed by atoms with Gasteiger partial charge < -0.3 is 15.5 Å². The summed E-state index contributed by atoms with van der Waals surface area (Å²) in [6, 6.07) is -0.636. The summed E-state index contributed by atoms with van der Waals surface area (Å²) >= 11 is 0. The lowest BCUT2D eigenvalue weighted by atomic mass is 10.0. The van der Waals surface area contributed by atoms with Gasteiger partial charge in [0.2, 0.25) is 5.91 Å². The standard InChI is InChI=1S/C56H109NO3/c1-3-5-7-9-11-13-15-17-19-21-23-24-25-26-27-28-29-30-31-32-34-35-37-39-41-43-45-47-49-51-55(59)54(53-58)57-56(60)52-50-48-46-44-42-40-38-36-33-22-20-18-16-14-12-10-8-6-4-2/h41,43,49,51,54-55,58-59H,3-40,42,44-48,50,52-53H2,1-2H3,(H,57,60)/b43-41+,51-49+. The molecular formula is C56H109NO3. The van der Waals surface area contributed by atoms with Crippen molar-refractivity contribution in [3.8, 4) is 0 Å². The molecule has 4 heteroatoms. The van der Waals surface area contributed by atoms with Crippen molar-refractivity contribution in [1.82, 2.24) is 5.32 Å². The Bertz CT molecular complexity index is 871. The van der Waals surface area contributed by atoms with Crippen LogP contribution in [0.1, 0.15) is 309 Å². The van der Waals surface area contributed by atoms with Crippen LogP contribution in [0.5, 0.6) is 0 Å². The van der Waals surface area contributed by atoms with E-state index in [4.69, 9.17) is 0 Å². The smallest absolute Gasteiger partial charge is 0.220 e. The summed E-state index contributed by atoms with van der Waals surface area (Å²) in [6.45, 7) is 4.33. The van der Waals surface area contributed by atoms with Gasteiger partial charge in [0.15, 0.2) is 0 Å². The SMILES string of the molecule is CCCCCCCCCCCCCCCCCCCCCCCCC/C=C/CC/C=C/C(O)C(CO)NC(=O)CCCCCCCCCCCCCCCCCCCCC. The molecule has 0 aliphatic carbocycles. The van der Waals surface area contributed by atoms with Crippen LogP contribution in [-0.4, -0.2) is 34.9 Å². The summed E-state index contributed by atoms with van der Waals surface area (Å²) < 4.78 is 0. The van der Waals surface area contributed by atoms with Gasteiger partial charge in [0.05, 0.1) is 18.8 Å². The van der Waals surface area contributed by atoms with E-state index in [2.05, 4.69) is 31.3 Å². The minimum atomic E-state index is -0.859. The Morgan fingerprint density at radius 1 is 0.383 bits per heavy atom. The molecule has 2 unspecified atom stereocenters. The number of amides is 1. The molecule has 0 fully saturated rings. The quantitative estimate of drug-likeness (QED) is 0.0422. The van der Waals surface area contributed by atoms with Crippen molar-refractivity contribution >= 4 is 5.91 Å². The number of aliphatic hydroxyl groups excluding tert-OH is 2. The molecule has 0 heterocycles. The van der Waals surface area contributed by atoms with Crippen LogP contribution in [-0.2, 0) is 4.79 Å². The van der Waals surface area contributed by atoms with Crippen LogP contribution in [0.2, 0.25) is 0 Å². The maximum atomic E-state index is 12.4. The van der Waals surface area contributed by atoms with E-state index in [1.54, 1.807) is 6.08 Å². The highest BCUT2D eigenvalue weighted by Crippen LogP contribution is 2.17. The number of carbonyl (C=O) groups excluding carboxylic acids is 1. The number of unbranched alkanes of at least 4 members (excludes halogenated alkanes) is 42. The van der Waals surface area contributed by atoms with Crippen LogP contribution in [0.3, 0.4) is 0 Å². The molecule has 0 bridgehead atoms. The number of hydrogen-bond acceptors (Lipinski definition) is 3. The van der Waals surface area contributed by atoms with E-state index in [0.717, 1.165) is 32.1 Å². The van der Waals surface area contributed by atoms with Crippen LogP contribution in [0.25, 0.3) is 0 Å². The zero-order valence-corrected chi connectivity index (χ0v) is 41.0. The Balaban J connectivity index is 3.49. The van der Waals surface area contributed by atoms with E-state index in [0.29, 0.717) is 6.42 Å². The molecule has 0 saturated carbocycles. The van der Waals surface area contributed by atoms with Gasteiger partial charge in [0, 0.05) is 6.42 Å². The number of rotatable bonds is 51. The second-order valence-corrected chi connectivity index (χ2v) is 19.0.